The first-order valence-electron chi connectivity index (χ1n) is 8.23. The number of rotatable bonds is 3. The van der Waals surface area contributed by atoms with Crippen LogP contribution < -0.4 is 5.73 Å². The summed E-state index contributed by atoms with van der Waals surface area (Å²) in [6.07, 6.45) is 8.88. The number of aryl methyl sites for hydroxylation is 1. The monoisotopic (exact) mass is 336 g/mol. The molecule has 1 aliphatic rings. The van der Waals surface area contributed by atoms with Crippen LogP contribution >= 0.6 is 0 Å². The van der Waals surface area contributed by atoms with Crippen molar-refractivity contribution in [3.05, 3.63) is 66.8 Å². The van der Waals surface area contributed by atoms with Gasteiger partial charge in [-0.2, -0.15) is 0 Å². The maximum Gasteiger partial charge on any atom is 0.254 e. The molecule has 0 saturated carbocycles. The largest absolute Gasteiger partial charge is 0.337 e. The molecule has 1 fully saturated rings. The Labute approximate surface area is 145 Å². The van der Waals surface area contributed by atoms with Crippen molar-refractivity contribution in [2.45, 2.75) is 12.0 Å². The van der Waals surface area contributed by atoms with E-state index in [9.17, 15) is 4.79 Å². The number of likely N-dealkylation sites (tertiary alicyclic amines) is 1. The molecule has 0 unspecified atom stereocenters. The maximum atomic E-state index is 12.9. The predicted molar refractivity (Wildman–Crippen MR) is 93.4 cm³/mol. The van der Waals surface area contributed by atoms with Crippen LogP contribution in [0.15, 0.2) is 55.5 Å². The fraction of sp³-hybridized carbons (Fsp3) is 0.278. The Bertz CT molecular complexity index is 885. The zero-order valence-electron chi connectivity index (χ0n) is 14.0. The number of benzene rings is 1. The summed E-state index contributed by atoms with van der Waals surface area (Å²) in [5.41, 5.74) is 8.94. The summed E-state index contributed by atoms with van der Waals surface area (Å²) in [5, 5.41) is 0. The van der Waals surface area contributed by atoms with E-state index in [2.05, 4.69) is 9.97 Å². The maximum absolute atomic E-state index is 12.9. The van der Waals surface area contributed by atoms with E-state index in [0.717, 1.165) is 11.4 Å². The smallest absolute Gasteiger partial charge is 0.254 e. The average Bonchev–Trinajstić information content (AvgIpc) is 3.35. The second-order valence-electron chi connectivity index (χ2n) is 6.43. The zero-order chi connectivity index (χ0) is 17.4. The van der Waals surface area contributed by atoms with E-state index in [1.54, 1.807) is 18.9 Å². The summed E-state index contributed by atoms with van der Waals surface area (Å²) in [6.45, 7) is 1.15. The number of amides is 1. The van der Waals surface area contributed by atoms with Crippen molar-refractivity contribution in [3.8, 4) is 5.69 Å². The Kier molecular flexibility index (Phi) is 3.85. The van der Waals surface area contributed by atoms with Crippen molar-refractivity contribution < 1.29 is 4.79 Å². The minimum Gasteiger partial charge on any atom is -0.337 e. The van der Waals surface area contributed by atoms with Gasteiger partial charge in [0.2, 0.25) is 0 Å². The van der Waals surface area contributed by atoms with Gasteiger partial charge in [-0.05, 0) is 18.2 Å². The van der Waals surface area contributed by atoms with Gasteiger partial charge >= 0.3 is 0 Å². The number of carbonyl (C=O) groups excluding carboxylic acids is 1. The molecule has 0 bridgehead atoms. The highest BCUT2D eigenvalue weighted by molar-refractivity contribution is 5.95. The Hall–Kier alpha value is -2.93. The second-order valence-corrected chi connectivity index (χ2v) is 6.43. The molecule has 1 aliphatic heterocycles. The fourth-order valence-electron chi connectivity index (χ4n) is 3.43. The molecule has 2 atom stereocenters. The van der Waals surface area contributed by atoms with Crippen LogP contribution in [0.4, 0.5) is 0 Å². The highest BCUT2D eigenvalue weighted by Gasteiger charge is 2.35. The summed E-state index contributed by atoms with van der Waals surface area (Å²) in [6, 6.07) is 7.47. The number of hydrogen-bond acceptors (Lipinski definition) is 4. The molecule has 0 spiro atoms. The Morgan fingerprint density at radius 1 is 1.24 bits per heavy atom. The minimum atomic E-state index is -0.0869. The van der Waals surface area contributed by atoms with Crippen molar-refractivity contribution >= 4 is 5.91 Å². The van der Waals surface area contributed by atoms with Gasteiger partial charge in [0.15, 0.2) is 0 Å². The molecular weight excluding hydrogens is 316 g/mol. The van der Waals surface area contributed by atoms with Crippen LogP contribution in [0.2, 0.25) is 0 Å². The molecule has 7 nitrogen and oxygen atoms in total. The van der Waals surface area contributed by atoms with Gasteiger partial charge in [0.1, 0.15) is 0 Å². The van der Waals surface area contributed by atoms with E-state index >= 15 is 0 Å². The number of aromatic nitrogens is 4. The number of imidazole rings is 2. The lowest BCUT2D eigenvalue weighted by atomic mass is 10.0. The van der Waals surface area contributed by atoms with Gasteiger partial charge in [0.25, 0.3) is 5.91 Å². The molecule has 0 radical (unpaired) electrons. The lowest BCUT2D eigenvalue weighted by molar-refractivity contribution is 0.0789. The van der Waals surface area contributed by atoms with E-state index in [4.69, 9.17) is 5.73 Å². The molecule has 2 aromatic heterocycles. The van der Waals surface area contributed by atoms with Crippen molar-refractivity contribution in [2.75, 3.05) is 13.1 Å². The summed E-state index contributed by atoms with van der Waals surface area (Å²) in [7, 11) is 1.95. The van der Waals surface area contributed by atoms with Crippen molar-refractivity contribution in [3.63, 3.8) is 0 Å². The number of nitrogens with zero attached hydrogens (tertiary/aromatic N) is 5. The quantitative estimate of drug-likeness (QED) is 0.778. The van der Waals surface area contributed by atoms with Crippen LogP contribution in [-0.4, -0.2) is 49.0 Å². The van der Waals surface area contributed by atoms with E-state index in [1.807, 2.05) is 57.7 Å². The molecule has 1 aromatic carbocycles. The molecule has 1 saturated heterocycles. The normalized spacial score (nSPS) is 20.2. The molecular formula is C18H20N6O. The summed E-state index contributed by atoms with van der Waals surface area (Å²) in [5.74, 6) is 0.107. The molecule has 25 heavy (non-hydrogen) atoms. The van der Waals surface area contributed by atoms with Gasteiger partial charge in [-0.3, -0.25) is 4.79 Å². The molecule has 1 amide bonds. The molecule has 2 N–H and O–H groups in total. The van der Waals surface area contributed by atoms with Gasteiger partial charge < -0.3 is 19.8 Å². The SMILES string of the molecule is Cn1cncc1[C@@H]1CN(C(=O)c2cccc(-n3ccnc3)c2)C[C@H]1N. The summed E-state index contributed by atoms with van der Waals surface area (Å²) in [4.78, 5) is 23.0. The lowest BCUT2D eigenvalue weighted by Crippen LogP contribution is -2.32. The Balaban J connectivity index is 1.56. The molecule has 0 aliphatic carbocycles. The van der Waals surface area contributed by atoms with Crippen LogP contribution in [0.25, 0.3) is 5.69 Å². The van der Waals surface area contributed by atoms with E-state index in [-0.39, 0.29) is 17.9 Å². The molecule has 7 heteroatoms. The Morgan fingerprint density at radius 3 is 2.84 bits per heavy atom. The van der Waals surface area contributed by atoms with E-state index < -0.39 is 0 Å². The second kappa shape index (κ2) is 6.18. The van der Waals surface area contributed by atoms with Crippen LogP contribution in [-0.2, 0) is 7.05 Å². The molecule has 3 heterocycles. The molecule has 3 aromatic rings. The number of hydrogen-bond donors (Lipinski definition) is 1. The van der Waals surface area contributed by atoms with Crippen LogP contribution in [0.3, 0.4) is 0 Å². The predicted octanol–water partition coefficient (Wildman–Crippen LogP) is 1.17. The van der Waals surface area contributed by atoms with Crippen molar-refractivity contribution in [1.82, 2.24) is 24.0 Å². The standard InChI is InChI=1S/C18H20N6O/c1-22-11-21-8-17(22)15-9-24(10-16(15)19)18(25)13-3-2-4-14(7-13)23-6-5-20-12-23/h2-8,11-12,15-16H,9-10,19H2,1H3/t15-,16-/m1/s1. The lowest BCUT2D eigenvalue weighted by Gasteiger charge is -2.17. The van der Waals surface area contributed by atoms with Gasteiger partial charge in [0, 0.05) is 67.6 Å². The van der Waals surface area contributed by atoms with Crippen LogP contribution in [0.5, 0.6) is 0 Å². The molecule has 128 valence electrons. The molecule has 4 rings (SSSR count). The van der Waals surface area contributed by atoms with Gasteiger partial charge in [-0.1, -0.05) is 6.07 Å². The number of carbonyl (C=O) groups is 1. The Morgan fingerprint density at radius 2 is 2.12 bits per heavy atom. The number of nitrogens with two attached hydrogens (primary N) is 1. The highest BCUT2D eigenvalue weighted by Crippen LogP contribution is 2.27. The topological polar surface area (TPSA) is 82.0 Å². The van der Waals surface area contributed by atoms with Gasteiger partial charge in [-0.15, -0.1) is 0 Å². The van der Waals surface area contributed by atoms with Crippen LogP contribution in [0.1, 0.15) is 22.0 Å². The minimum absolute atomic E-state index is 0.00193. The summed E-state index contributed by atoms with van der Waals surface area (Å²) >= 11 is 0. The summed E-state index contributed by atoms with van der Waals surface area (Å²) < 4.78 is 3.85. The van der Waals surface area contributed by atoms with Crippen molar-refractivity contribution in [2.24, 2.45) is 12.8 Å². The zero-order valence-corrected chi connectivity index (χ0v) is 14.0. The average molecular weight is 336 g/mol. The highest BCUT2D eigenvalue weighted by atomic mass is 16.2. The van der Waals surface area contributed by atoms with E-state index in [1.165, 1.54) is 0 Å². The third-order valence-corrected chi connectivity index (χ3v) is 4.78. The first-order valence-corrected chi connectivity index (χ1v) is 8.23. The van der Waals surface area contributed by atoms with Crippen LogP contribution in [0, 0.1) is 0 Å². The third kappa shape index (κ3) is 2.83. The first kappa shape index (κ1) is 15.6. The first-order chi connectivity index (χ1) is 12.1. The van der Waals surface area contributed by atoms with Crippen molar-refractivity contribution in [1.29, 1.82) is 0 Å². The van der Waals surface area contributed by atoms with E-state index in [0.29, 0.717) is 18.7 Å². The van der Waals surface area contributed by atoms with Gasteiger partial charge in [-0.25, -0.2) is 9.97 Å². The third-order valence-electron chi connectivity index (χ3n) is 4.78. The fourth-order valence-corrected chi connectivity index (χ4v) is 3.43. The van der Waals surface area contributed by atoms with Gasteiger partial charge in [0.05, 0.1) is 12.7 Å².